The quantitative estimate of drug-likeness (QED) is 0.144. The van der Waals surface area contributed by atoms with Gasteiger partial charge in [0.1, 0.15) is 6.29 Å². The van der Waals surface area contributed by atoms with E-state index in [2.05, 4.69) is 74.0 Å². The Morgan fingerprint density at radius 3 is 2.22 bits per heavy atom. The maximum Gasteiger partial charge on any atom is 0.150 e. The van der Waals surface area contributed by atoms with Gasteiger partial charge >= 0.3 is 0 Å². The van der Waals surface area contributed by atoms with Crippen LogP contribution in [0.3, 0.4) is 0 Å². The van der Waals surface area contributed by atoms with Crippen molar-refractivity contribution >= 4 is 23.4 Å². The highest BCUT2D eigenvalue weighted by molar-refractivity contribution is 6.00. The van der Waals surface area contributed by atoms with Crippen molar-refractivity contribution in [1.82, 2.24) is 5.32 Å². The number of aryl methyl sites for hydroxylation is 1. The van der Waals surface area contributed by atoms with Crippen LogP contribution in [0.4, 0.5) is 5.69 Å². The van der Waals surface area contributed by atoms with Gasteiger partial charge in [0.15, 0.2) is 5.84 Å². The fraction of sp³-hybridized carbons (Fsp3) is 0.308. The monoisotopic (exact) mass is 435 g/mol. The number of anilines is 1. The first-order valence-electron chi connectivity index (χ1n) is 10.7. The molecule has 0 aliphatic heterocycles. The lowest BCUT2D eigenvalue weighted by Gasteiger charge is -2.24. The van der Waals surface area contributed by atoms with Gasteiger partial charge in [0.05, 0.1) is 0 Å². The van der Waals surface area contributed by atoms with E-state index < -0.39 is 0 Å². The molecular formula is C26H37N5O. The topological polar surface area (TPSA) is 96.7 Å². The number of carbonyl (C=O) groups excluding carboxylic acids is 1. The number of allylic oxidation sites excluding steroid dienone is 2. The standard InChI is InChI=1S/C23H30N4O.C3H7N/c1-6-27(5)22-10-9-18(14-21(22)19(11-12-28)15(2)3)17-8-7-16(4)20(13-17)23(24)26-25;1-3-4-2/h7-15H,6,25H2,1-5H3,(H2,24,26);3-4H,1H2,2H3/b19-11-;. The Bertz CT molecular complexity index is 976. The molecule has 2 aromatic rings. The van der Waals surface area contributed by atoms with Gasteiger partial charge in [0.2, 0.25) is 0 Å². The number of benzene rings is 2. The molecule has 0 spiro atoms. The first-order valence-corrected chi connectivity index (χ1v) is 10.7. The van der Waals surface area contributed by atoms with Crippen molar-refractivity contribution < 1.29 is 4.79 Å². The molecule has 0 aromatic heterocycles. The fourth-order valence-electron chi connectivity index (χ4n) is 3.26. The molecule has 172 valence electrons. The molecule has 0 radical (unpaired) electrons. The second-order valence-corrected chi connectivity index (χ2v) is 7.70. The molecule has 32 heavy (non-hydrogen) atoms. The molecule has 0 saturated carbocycles. The van der Waals surface area contributed by atoms with Gasteiger partial charge < -0.3 is 21.8 Å². The van der Waals surface area contributed by atoms with Crippen LogP contribution in [0.1, 0.15) is 37.5 Å². The average molecular weight is 436 g/mol. The molecule has 0 saturated heterocycles. The third-order valence-corrected chi connectivity index (χ3v) is 5.25. The summed E-state index contributed by atoms with van der Waals surface area (Å²) in [5.41, 5.74) is 13.0. The van der Waals surface area contributed by atoms with Crippen LogP contribution in [0, 0.1) is 12.8 Å². The van der Waals surface area contributed by atoms with E-state index in [1.807, 2.05) is 26.1 Å². The minimum Gasteiger partial charge on any atom is -0.394 e. The fourth-order valence-corrected chi connectivity index (χ4v) is 3.26. The Labute approximate surface area is 192 Å². The number of amidine groups is 1. The van der Waals surface area contributed by atoms with Gasteiger partial charge in [-0.15, -0.1) is 0 Å². The van der Waals surface area contributed by atoms with Crippen LogP contribution < -0.4 is 21.8 Å². The summed E-state index contributed by atoms with van der Waals surface area (Å²) in [7, 11) is 3.87. The molecule has 0 unspecified atom stereocenters. The molecule has 5 N–H and O–H groups in total. The van der Waals surface area contributed by atoms with Crippen LogP contribution in [0.15, 0.2) is 60.4 Å². The number of hydrogen-bond acceptors (Lipinski definition) is 5. The molecule has 0 atom stereocenters. The molecular weight excluding hydrogens is 398 g/mol. The molecule has 6 heteroatoms. The number of nitrogens with one attached hydrogen (secondary N) is 1. The summed E-state index contributed by atoms with van der Waals surface area (Å²) in [5, 5.41) is 6.33. The van der Waals surface area contributed by atoms with Gasteiger partial charge in [-0.3, -0.25) is 4.79 Å². The lowest BCUT2D eigenvalue weighted by molar-refractivity contribution is -0.104. The van der Waals surface area contributed by atoms with Crippen molar-refractivity contribution in [2.24, 2.45) is 22.6 Å². The van der Waals surface area contributed by atoms with Crippen LogP contribution in [0.2, 0.25) is 0 Å². The summed E-state index contributed by atoms with van der Waals surface area (Å²) < 4.78 is 0. The van der Waals surface area contributed by atoms with Crippen molar-refractivity contribution in [1.29, 1.82) is 0 Å². The van der Waals surface area contributed by atoms with E-state index in [-0.39, 0.29) is 5.92 Å². The predicted molar refractivity (Wildman–Crippen MR) is 139 cm³/mol. The molecule has 0 amide bonds. The van der Waals surface area contributed by atoms with E-state index in [0.29, 0.717) is 5.84 Å². The zero-order valence-electron chi connectivity index (χ0n) is 20.1. The summed E-state index contributed by atoms with van der Waals surface area (Å²) in [6, 6.07) is 12.4. The summed E-state index contributed by atoms with van der Waals surface area (Å²) in [5.74, 6) is 5.91. The largest absolute Gasteiger partial charge is 0.394 e. The highest BCUT2D eigenvalue weighted by atomic mass is 16.1. The van der Waals surface area contributed by atoms with Crippen LogP contribution in [0.5, 0.6) is 0 Å². The number of hydrazone groups is 1. The van der Waals surface area contributed by atoms with E-state index in [4.69, 9.17) is 11.6 Å². The van der Waals surface area contributed by atoms with E-state index >= 15 is 0 Å². The van der Waals surface area contributed by atoms with Crippen LogP contribution >= 0.6 is 0 Å². The van der Waals surface area contributed by atoms with E-state index in [0.717, 1.165) is 51.9 Å². The maximum atomic E-state index is 11.3. The zero-order chi connectivity index (χ0) is 24.3. The first-order chi connectivity index (χ1) is 15.2. The maximum absolute atomic E-state index is 11.3. The minimum atomic E-state index is 0.220. The molecule has 0 fully saturated rings. The average Bonchev–Trinajstić information content (AvgIpc) is 2.81. The molecule has 2 aromatic carbocycles. The lowest BCUT2D eigenvalue weighted by Crippen LogP contribution is -2.18. The smallest absolute Gasteiger partial charge is 0.150 e. The molecule has 0 aliphatic rings. The van der Waals surface area contributed by atoms with Crippen molar-refractivity contribution in [3.63, 3.8) is 0 Å². The normalized spacial score (nSPS) is 11.5. The van der Waals surface area contributed by atoms with E-state index in [1.165, 1.54) is 0 Å². The highest BCUT2D eigenvalue weighted by Crippen LogP contribution is 2.35. The number of aldehydes is 1. The van der Waals surface area contributed by atoms with Crippen molar-refractivity contribution in [2.45, 2.75) is 27.7 Å². The second kappa shape index (κ2) is 13.0. The summed E-state index contributed by atoms with van der Waals surface area (Å²) >= 11 is 0. The highest BCUT2D eigenvalue weighted by Gasteiger charge is 2.16. The van der Waals surface area contributed by atoms with Crippen molar-refractivity contribution in [3.05, 3.63) is 71.9 Å². The number of rotatable bonds is 8. The Hall–Kier alpha value is -3.54. The van der Waals surface area contributed by atoms with Gasteiger partial charge in [-0.2, -0.15) is 5.10 Å². The predicted octanol–water partition coefficient (Wildman–Crippen LogP) is 4.28. The van der Waals surface area contributed by atoms with Gasteiger partial charge in [0.25, 0.3) is 0 Å². The van der Waals surface area contributed by atoms with Gasteiger partial charge in [-0.1, -0.05) is 38.6 Å². The van der Waals surface area contributed by atoms with Crippen molar-refractivity contribution in [2.75, 3.05) is 25.5 Å². The van der Waals surface area contributed by atoms with Crippen LogP contribution in [0.25, 0.3) is 16.7 Å². The van der Waals surface area contributed by atoms with Crippen LogP contribution in [-0.2, 0) is 4.79 Å². The molecule has 0 heterocycles. The second-order valence-electron chi connectivity index (χ2n) is 7.70. The van der Waals surface area contributed by atoms with Crippen molar-refractivity contribution in [3.8, 4) is 11.1 Å². The Morgan fingerprint density at radius 1 is 1.19 bits per heavy atom. The first kappa shape index (κ1) is 26.5. The number of carbonyl (C=O) groups is 1. The van der Waals surface area contributed by atoms with Crippen LogP contribution in [-0.4, -0.2) is 32.8 Å². The summed E-state index contributed by atoms with van der Waals surface area (Å²) in [4.78, 5) is 13.4. The SMILES string of the molecule is C=CNC.CCN(C)c1ccc(-c2ccc(C)c(/C(N)=N/N)c2)cc1/C(=C\C=O)C(C)C. The van der Waals surface area contributed by atoms with Gasteiger partial charge in [-0.25, -0.2) is 0 Å². The Kier molecular flexibility index (Phi) is 10.8. The third kappa shape index (κ3) is 6.74. The van der Waals surface area contributed by atoms with Gasteiger partial charge in [-0.05, 0) is 72.5 Å². The van der Waals surface area contributed by atoms with E-state index in [1.54, 1.807) is 12.3 Å². The number of hydrogen-bond donors (Lipinski definition) is 3. The zero-order valence-corrected chi connectivity index (χ0v) is 20.1. The molecule has 6 nitrogen and oxygen atoms in total. The molecule has 0 bridgehead atoms. The molecule has 2 rings (SSSR count). The molecule has 0 aliphatic carbocycles. The Balaban J connectivity index is 0.00000118. The van der Waals surface area contributed by atoms with E-state index in [9.17, 15) is 4.79 Å². The number of nitrogens with zero attached hydrogens (tertiary/aromatic N) is 2. The minimum absolute atomic E-state index is 0.220. The summed E-state index contributed by atoms with van der Waals surface area (Å²) in [6.07, 6.45) is 4.15. The number of nitrogens with two attached hydrogens (primary N) is 2. The van der Waals surface area contributed by atoms with Gasteiger partial charge in [0, 0.05) is 37.5 Å². The Morgan fingerprint density at radius 2 is 1.75 bits per heavy atom. The third-order valence-electron chi connectivity index (χ3n) is 5.25. The lowest BCUT2D eigenvalue weighted by atomic mass is 9.90. The summed E-state index contributed by atoms with van der Waals surface area (Å²) in [6.45, 7) is 12.5.